The van der Waals surface area contributed by atoms with Crippen LogP contribution in [0.4, 0.5) is 5.82 Å². The predicted molar refractivity (Wildman–Crippen MR) is 122 cm³/mol. The van der Waals surface area contributed by atoms with Gasteiger partial charge < -0.3 is 30.7 Å². The summed E-state index contributed by atoms with van der Waals surface area (Å²) in [4.78, 5) is 25.4. The number of amides is 1. The number of aliphatic hydroxyl groups excluding tert-OH is 3. The lowest BCUT2D eigenvalue weighted by atomic mass is 10.1. The highest BCUT2D eigenvalue weighted by Crippen LogP contribution is 2.32. The van der Waals surface area contributed by atoms with E-state index >= 15 is 0 Å². The van der Waals surface area contributed by atoms with Crippen LogP contribution in [0.5, 0.6) is 0 Å². The third kappa shape index (κ3) is 4.57. The smallest absolute Gasteiger partial charge is 0.252 e. The number of likely N-dealkylation sites (N-methyl/N-ethyl adjacent to an activating group) is 1. The largest absolute Gasteiger partial charge is 0.387 e. The Balaban J connectivity index is 1.71. The highest BCUT2D eigenvalue weighted by atomic mass is 16.6. The molecule has 4 rings (SSSR count). The van der Waals surface area contributed by atoms with Crippen molar-refractivity contribution in [2.24, 2.45) is 0 Å². The van der Waals surface area contributed by atoms with E-state index in [4.69, 9.17) is 4.74 Å². The van der Waals surface area contributed by atoms with Crippen molar-refractivity contribution in [3.05, 3.63) is 48.0 Å². The van der Waals surface area contributed by atoms with E-state index in [9.17, 15) is 20.1 Å². The van der Waals surface area contributed by atoms with E-state index in [2.05, 4.69) is 37.4 Å². The number of carbonyl (C=O) groups excluding carboxylic acids is 1. The van der Waals surface area contributed by atoms with Gasteiger partial charge in [-0.05, 0) is 25.3 Å². The number of aromatic nitrogens is 4. The van der Waals surface area contributed by atoms with Crippen molar-refractivity contribution in [3.8, 4) is 11.8 Å². The molecule has 0 bridgehead atoms. The number of hydrogen-bond donors (Lipinski definition) is 5. The maximum absolute atomic E-state index is 12.2. The molecule has 1 fully saturated rings. The molecular formula is C23H26N6O5. The number of imidazole rings is 1. The molecule has 1 aromatic carbocycles. The van der Waals surface area contributed by atoms with Gasteiger partial charge in [0, 0.05) is 13.1 Å². The third-order valence-electron chi connectivity index (χ3n) is 5.32. The van der Waals surface area contributed by atoms with Crippen molar-refractivity contribution in [1.29, 1.82) is 0 Å². The van der Waals surface area contributed by atoms with Crippen molar-refractivity contribution in [1.82, 2.24) is 24.8 Å². The minimum absolute atomic E-state index is 0.119. The molecule has 0 spiro atoms. The zero-order valence-electron chi connectivity index (χ0n) is 18.7. The van der Waals surface area contributed by atoms with Crippen LogP contribution in [0.25, 0.3) is 11.2 Å². The van der Waals surface area contributed by atoms with E-state index in [1.807, 2.05) is 13.0 Å². The van der Waals surface area contributed by atoms with E-state index < -0.39 is 36.6 Å². The van der Waals surface area contributed by atoms with Gasteiger partial charge in [-0.3, -0.25) is 9.36 Å². The Labute approximate surface area is 195 Å². The molecule has 1 amide bonds. The Morgan fingerprint density at radius 3 is 2.65 bits per heavy atom. The SMILES string of the molecule is CCNC(=O)[C@H]1O[C@@H](n2cnc3c(NCC)nc(C#C[C@@H](O)c4ccccc4)nc32)[C@H](O)[C@@H]1O. The lowest BCUT2D eigenvalue weighted by Crippen LogP contribution is -2.42. The first kappa shape index (κ1) is 23.6. The lowest BCUT2D eigenvalue weighted by molar-refractivity contribution is -0.137. The Kier molecular flexibility index (Phi) is 7.04. The highest BCUT2D eigenvalue weighted by Gasteiger charge is 2.47. The molecule has 1 aliphatic heterocycles. The number of ether oxygens (including phenoxy) is 1. The second kappa shape index (κ2) is 10.1. The second-order valence-corrected chi connectivity index (χ2v) is 7.66. The predicted octanol–water partition coefficient (Wildman–Crippen LogP) is 0.0985. The van der Waals surface area contributed by atoms with Crippen LogP contribution in [-0.2, 0) is 9.53 Å². The van der Waals surface area contributed by atoms with Crippen molar-refractivity contribution in [2.75, 3.05) is 18.4 Å². The quantitative estimate of drug-likeness (QED) is 0.318. The van der Waals surface area contributed by atoms with Crippen molar-refractivity contribution >= 4 is 22.9 Å². The first-order chi connectivity index (χ1) is 16.4. The molecule has 0 saturated carbocycles. The molecule has 1 saturated heterocycles. The number of benzene rings is 1. The van der Waals surface area contributed by atoms with Gasteiger partial charge in [-0.25, -0.2) is 15.0 Å². The average molecular weight is 466 g/mol. The van der Waals surface area contributed by atoms with E-state index in [1.54, 1.807) is 31.2 Å². The van der Waals surface area contributed by atoms with E-state index in [0.717, 1.165) is 0 Å². The van der Waals surface area contributed by atoms with E-state index in [-0.39, 0.29) is 11.5 Å². The minimum atomic E-state index is -1.43. The van der Waals surface area contributed by atoms with Crippen molar-refractivity contribution in [3.63, 3.8) is 0 Å². The van der Waals surface area contributed by atoms with Gasteiger partial charge in [0.1, 0.15) is 18.3 Å². The third-order valence-corrected chi connectivity index (χ3v) is 5.32. The molecule has 3 aromatic rings. The fraction of sp³-hybridized carbons (Fsp3) is 0.391. The van der Waals surface area contributed by atoms with Gasteiger partial charge in [0.15, 0.2) is 29.3 Å². The fourth-order valence-corrected chi connectivity index (χ4v) is 3.68. The Hall–Kier alpha value is -3.56. The molecule has 34 heavy (non-hydrogen) atoms. The number of anilines is 1. The molecular weight excluding hydrogens is 440 g/mol. The summed E-state index contributed by atoms with van der Waals surface area (Å²) in [6.07, 6.45) is -4.79. The number of nitrogens with zero attached hydrogens (tertiary/aromatic N) is 4. The number of hydrogen-bond acceptors (Lipinski definition) is 9. The highest BCUT2D eigenvalue weighted by molar-refractivity contribution is 5.84. The van der Waals surface area contributed by atoms with Crippen LogP contribution in [-0.4, -0.2) is 72.1 Å². The average Bonchev–Trinajstić information content (AvgIpc) is 3.39. The van der Waals surface area contributed by atoms with Crippen LogP contribution in [0.15, 0.2) is 36.7 Å². The first-order valence-electron chi connectivity index (χ1n) is 11.0. The van der Waals surface area contributed by atoms with Gasteiger partial charge in [0.05, 0.1) is 6.33 Å². The van der Waals surface area contributed by atoms with Crippen LogP contribution in [0, 0.1) is 11.8 Å². The zero-order valence-corrected chi connectivity index (χ0v) is 18.7. The molecule has 11 nitrogen and oxygen atoms in total. The summed E-state index contributed by atoms with van der Waals surface area (Å²) in [7, 11) is 0. The summed E-state index contributed by atoms with van der Waals surface area (Å²) in [5.74, 6) is 5.53. The van der Waals surface area contributed by atoms with Crippen LogP contribution in [0.3, 0.4) is 0 Å². The maximum Gasteiger partial charge on any atom is 0.252 e. The Morgan fingerprint density at radius 2 is 1.94 bits per heavy atom. The first-order valence-corrected chi connectivity index (χ1v) is 11.0. The molecule has 11 heteroatoms. The lowest BCUT2D eigenvalue weighted by Gasteiger charge is -2.16. The molecule has 0 unspecified atom stereocenters. The van der Waals surface area contributed by atoms with Crippen LogP contribution >= 0.6 is 0 Å². The molecule has 5 atom stereocenters. The molecule has 2 aromatic heterocycles. The molecule has 0 aliphatic carbocycles. The minimum Gasteiger partial charge on any atom is -0.387 e. The Bertz CT molecular complexity index is 1220. The van der Waals surface area contributed by atoms with Gasteiger partial charge >= 0.3 is 0 Å². The number of rotatable bonds is 6. The van der Waals surface area contributed by atoms with Gasteiger partial charge in [0.2, 0.25) is 5.82 Å². The molecule has 178 valence electrons. The standard InChI is InChI=1S/C23H26N6O5/c1-3-24-20-16-21(28-15(27-20)11-10-14(30)13-8-6-5-7-9-13)29(12-26-16)23-18(32)17(31)19(34-23)22(33)25-4-2/h5-9,12,14,17-19,23,30-32H,3-4H2,1-2H3,(H,25,33)(H,24,27,28)/t14-,17+,18-,19+,23-/m1/s1. The summed E-state index contributed by atoms with van der Waals surface area (Å²) >= 11 is 0. The molecule has 1 aliphatic rings. The number of carbonyl (C=O) groups is 1. The fourth-order valence-electron chi connectivity index (χ4n) is 3.68. The molecule has 5 N–H and O–H groups in total. The number of aliphatic hydroxyl groups is 3. The van der Waals surface area contributed by atoms with Crippen molar-refractivity contribution in [2.45, 2.75) is 44.5 Å². The summed E-state index contributed by atoms with van der Waals surface area (Å²) in [5.41, 5.74) is 1.33. The maximum atomic E-state index is 12.2. The van der Waals surface area contributed by atoms with Gasteiger partial charge in [-0.2, -0.15) is 0 Å². The van der Waals surface area contributed by atoms with E-state index in [1.165, 1.54) is 10.9 Å². The molecule has 0 radical (unpaired) electrons. The monoisotopic (exact) mass is 466 g/mol. The number of nitrogens with one attached hydrogen (secondary N) is 2. The van der Waals surface area contributed by atoms with Gasteiger partial charge in [-0.15, -0.1) is 0 Å². The normalized spacial score (nSPS) is 22.7. The summed E-state index contributed by atoms with van der Waals surface area (Å²) in [6.45, 7) is 4.55. The number of fused-ring (bicyclic) bond motifs is 1. The summed E-state index contributed by atoms with van der Waals surface area (Å²) in [5, 5.41) is 37.0. The zero-order chi connectivity index (χ0) is 24.2. The second-order valence-electron chi connectivity index (χ2n) is 7.66. The molecule has 3 heterocycles. The van der Waals surface area contributed by atoms with Crippen LogP contribution < -0.4 is 10.6 Å². The van der Waals surface area contributed by atoms with Gasteiger partial charge in [0.25, 0.3) is 5.91 Å². The van der Waals surface area contributed by atoms with Gasteiger partial charge in [-0.1, -0.05) is 36.3 Å². The summed E-state index contributed by atoms with van der Waals surface area (Å²) in [6, 6.07) is 8.98. The van der Waals surface area contributed by atoms with E-state index in [0.29, 0.717) is 30.0 Å². The Morgan fingerprint density at radius 1 is 1.18 bits per heavy atom. The topological polar surface area (TPSA) is 155 Å². The van der Waals surface area contributed by atoms with Crippen molar-refractivity contribution < 1.29 is 24.9 Å². The van der Waals surface area contributed by atoms with Crippen LogP contribution in [0.1, 0.15) is 37.6 Å². The summed E-state index contributed by atoms with van der Waals surface area (Å²) < 4.78 is 7.14. The van der Waals surface area contributed by atoms with Crippen LogP contribution in [0.2, 0.25) is 0 Å².